The number of piperidine rings is 1. The summed E-state index contributed by atoms with van der Waals surface area (Å²) in [5, 5.41) is 1.19. The number of aryl methyl sites for hydroxylation is 2. The minimum Gasteiger partial charge on any atom is -0.490 e. The predicted octanol–water partition coefficient (Wildman–Crippen LogP) is 3.32. The Morgan fingerprint density at radius 3 is 2.75 bits per heavy atom. The summed E-state index contributed by atoms with van der Waals surface area (Å²) >= 11 is 0. The van der Waals surface area contributed by atoms with E-state index in [1.807, 2.05) is 13.0 Å². The van der Waals surface area contributed by atoms with E-state index in [9.17, 15) is 0 Å². The third-order valence-electron chi connectivity index (χ3n) is 4.74. The summed E-state index contributed by atoms with van der Waals surface area (Å²) < 4.78 is 8.44. The lowest BCUT2D eigenvalue weighted by molar-refractivity contribution is 0.173. The monoisotopic (exact) mass is 322 g/mol. The number of rotatable bonds is 3. The molecule has 124 valence electrons. The van der Waals surface area contributed by atoms with Crippen LogP contribution in [0.15, 0.2) is 42.9 Å². The van der Waals surface area contributed by atoms with Gasteiger partial charge in [0.2, 0.25) is 0 Å². The van der Waals surface area contributed by atoms with Crippen molar-refractivity contribution in [3.8, 4) is 5.75 Å². The number of fused-ring (bicyclic) bond motifs is 1. The summed E-state index contributed by atoms with van der Waals surface area (Å²) in [6.07, 6.45) is 5.99. The number of hydrogen-bond acceptors (Lipinski definition) is 4. The van der Waals surface area contributed by atoms with Gasteiger partial charge in [-0.3, -0.25) is 0 Å². The van der Waals surface area contributed by atoms with Crippen LogP contribution in [0.4, 0.5) is 5.82 Å². The molecule has 0 unspecified atom stereocenters. The zero-order chi connectivity index (χ0) is 16.5. The van der Waals surface area contributed by atoms with Gasteiger partial charge in [0, 0.05) is 56.3 Å². The Kier molecular flexibility index (Phi) is 3.84. The Morgan fingerprint density at radius 2 is 1.96 bits per heavy atom. The van der Waals surface area contributed by atoms with E-state index in [0.717, 1.165) is 43.2 Å². The SMILES string of the molecule is Cc1cc(N2CCC(Oc3cccc4c3ccn4C)CC2)ncn1. The minimum absolute atomic E-state index is 0.259. The third kappa shape index (κ3) is 2.82. The molecule has 0 N–H and O–H groups in total. The van der Waals surface area contributed by atoms with Gasteiger partial charge >= 0.3 is 0 Å². The molecular weight excluding hydrogens is 300 g/mol. The summed E-state index contributed by atoms with van der Waals surface area (Å²) in [4.78, 5) is 10.9. The van der Waals surface area contributed by atoms with Crippen LogP contribution in [0.2, 0.25) is 0 Å². The first-order valence-corrected chi connectivity index (χ1v) is 8.45. The van der Waals surface area contributed by atoms with Crippen molar-refractivity contribution in [2.24, 2.45) is 7.05 Å². The quantitative estimate of drug-likeness (QED) is 0.742. The second-order valence-corrected chi connectivity index (χ2v) is 6.44. The van der Waals surface area contributed by atoms with Crippen molar-refractivity contribution in [1.82, 2.24) is 14.5 Å². The molecule has 3 aromatic rings. The molecule has 1 aliphatic heterocycles. The van der Waals surface area contributed by atoms with Crippen LogP contribution in [0.25, 0.3) is 10.9 Å². The van der Waals surface area contributed by atoms with E-state index < -0.39 is 0 Å². The van der Waals surface area contributed by atoms with E-state index in [2.05, 4.69) is 56.9 Å². The van der Waals surface area contributed by atoms with Gasteiger partial charge in [0.25, 0.3) is 0 Å². The Balaban J connectivity index is 1.44. The van der Waals surface area contributed by atoms with Crippen molar-refractivity contribution in [2.45, 2.75) is 25.9 Å². The molecule has 1 saturated heterocycles. The fourth-order valence-electron chi connectivity index (χ4n) is 3.37. The Morgan fingerprint density at radius 1 is 1.12 bits per heavy atom. The van der Waals surface area contributed by atoms with Gasteiger partial charge in [0.05, 0.1) is 5.52 Å². The maximum Gasteiger partial charge on any atom is 0.132 e. The second-order valence-electron chi connectivity index (χ2n) is 6.44. The van der Waals surface area contributed by atoms with Gasteiger partial charge in [-0.25, -0.2) is 9.97 Å². The van der Waals surface area contributed by atoms with Crippen molar-refractivity contribution < 1.29 is 4.74 Å². The molecular formula is C19H22N4O. The lowest BCUT2D eigenvalue weighted by atomic mass is 10.1. The Bertz CT molecular complexity index is 849. The number of benzene rings is 1. The van der Waals surface area contributed by atoms with E-state index in [4.69, 9.17) is 4.74 Å². The lowest BCUT2D eigenvalue weighted by Crippen LogP contribution is -2.38. The molecule has 0 atom stereocenters. The van der Waals surface area contributed by atoms with Crippen molar-refractivity contribution in [3.63, 3.8) is 0 Å². The van der Waals surface area contributed by atoms with E-state index in [-0.39, 0.29) is 6.10 Å². The molecule has 5 nitrogen and oxygen atoms in total. The number of nitrogens with zero attached hydrogens (tertiary/aromatic N) is 4. The van der Waals surface area contributed by atoms with Gasteiger partial charge in [-0.15, -0.1) is 0 Å². The first-order valence-electron chi connectivity index (χ1n) is 8.45. The highest BCUT2D eigenvalue weighted by atomic mass is 16.5. The van der Waals surface area contributed by atoms with Crippen LogP contribution in [-0.4, -0.2) is 33.7 Å². The average Bonchev–Trinajstić information content (AvgIpc) is 2.98. The average molecular weight is 322 g/mol. The van der Waals surface area contributed by atoms with Gasteiger partial charge in [-0.1, -0.05) is 6.07 Å². The van der Waals surface area contributed by atoms with Crippen LogP contribution in [-0.2, 0) is 7.05 Å². The maximum absolute atomic E-state index is 6.32. The molecule has 1 aromatic carbocycles. The molecule has 0 amide bonds. The topological polar surface area (TPSA) is 43.2 Å². The number of anilines is 1. The van der Waals surface area contributed by atoms with Gasteiger partial charge in [-0.2, -0.15) is 0 Å². The van der Waals surface area contributed by atoms with Gasteiger partial charge in [0.1, 0.15) is 24.0 Å². The zero-order valence-corrected chi connectivity index (χ0v) is 14.1. The largest absolute Gasteiger partial charge is 0.490 e. The fourth-order valence-corrected chi connectivity index (χ4v) is 3.37. The molecule has 4 rings (SSSR count). The molecule has 2 aromatic heterocycles. The van der Waals surface area contributed by atoms with Gasteiger partial charge in [-0.05, 0) is 25.1 Å². The summed E-state index contributed by atoms with van der Waals surface area (Å²) in [5.41, 5.74) is 2.22. The molecule has 0 radical (unpaired) electrons. The number of hydrogen-bond donors (Lipinski definition) is 0. The Labute approximate surface area is 141 Å². The van der Waals surface area contributed by atoms with Crippen molar-refractivity contribution in [2.75, 3.05) is 18.0 Å². The van der Waals surface area contributed by atoms with Crippen LogP contribution in [0.5, 0.6) is 5.75 Å². The normalized spacial score (nSPS) is 15.8. The molecule has 0 saturated carbocycles. The molecule has 0 aliphatic carbocycles. The predicted molar refractivity (Wildman–Crippen MR) is 95.6 cm³/mol. The molecule has 3 heterocycles. The molecule has 5 heteroatoms. The van der Waals surface area contributed by atoms with Crippen molar-refractivity contribution in [3.05, 3.63) is 48.5 Å². The van der Waals surface area contributed by atoms with Crippen LogP contribution in [0.1, 0.15) is 18.5 Å². The fraction of sp³-hybridized carbons (Fsp3) is 0.368. The Hall–Kier alpha value is -2.56. The van der Waals surface area contributed by atoms with Crippen molar-refractivity contribution >= 4 is 16.7 Å². The highest BCUT2D eigenvalue weighted by Crippen LogP contribution is 2.29. The molecule has 1 aliphatic rings. The van der Waals surface area contributed by atoms with E-state index in [1.165, 1.54) is 10.9 Å². The first kappa shape index (κ1) is 15.0. The van der Waals surface area contributed by atoms with Gasteiger partial charge in [0.15, 0.2) is 0 Å². The number of ether oxygens (including phenoxy) is 1. The van der Waals surface area contributed by atoms with Crippen LogP contribution < -0.4 is 9.64 Å². The minimum atomic E-state index is 0.259. The lowest BCUT2D eigenvalue weighted by Gasteiger charge is -2.33. The molecule has 0 spiro atoms. The van der Waals surface area contributed by atoms with Crippen LogP contribution in [0.3, 0.4) is 0 Å². The third-order valence-corrected chi connectivity index (χ3v) is 4.74. The summed E-state index contributed by atoms with van der Waals surface area (Å²) in [7, 11) is 2.06. The van der Waals surface area contributed by atoms with E-state index in [1.54, 1.807) is 6.33 Å². The summed E-state index contributed by atoms with van der Waals surface area (Å²) in [5.74, 6) is 2.01. The zero-order valence-electron chi connectivity index (χ0n) is 14.1. The first-order chi connectivity index (χ1) is 11.7. The second kappa shape index (κ2) is 6.15. The van der Waals surface area contributed by atoms with E-state index >= 15 is 0 Å². The highest BCUT2D eigenvalue weighted by Gasteiger charge is 2.22. The van der Waals surface area contributed by atoms with Crippen molar-refractivity contribution in [1.29, 1.82) is 0 Å². The van der Waals surface area contributed by atoms with Crippen LogP contribution >= 0.6 is 0 Å². The maximum atomic E-state index is 6.32. The standard InChI is InChI=1S/C19H22N4O/c1-14-12-19(21-13-20-14)23-10-6-15(7-11-23)24-18-5-3-4-17-16(18)8-9-22(17)2/h3-5,8-9,12-13,15H,6-7,10-11H2,1-2H3. The molecule has 0 bridgehead atoms. The highest BCUT2D eigenvalue weighted by molar-refractivity contribution is 5.86. The summed E-state index contributed by atoms with van der Waals surface area (Å²) in [6, 6.07) is 10.4. The molecule has 1 fully saturated rings. The number of aromatic nitrogens is 3. The van der Waals surface area contributed by atoms with Gasteiger partial charge < -0.3 is 14.2 Å². The van der Waals surface area contributed by atoms with Crippen LogP contribution in [0, 0.1) is 6.92 Å². The summed E-state index contributed by atoms with van der Waals surface area (Å²) in [6.45, 7) is 3.93. The molecule has 24 heavy (non-hydrogen) atoms. The smallest absolute Gasteiger partial charge is 0.132 e. The van der Waals surface area contributed by atoms with E-state index in [0.29, 0.717) is 0 Å².